The van der Waals surface area contributed by atoms with E-state index in [1.165, 1.54) is 62.0 Å². The van der Waals surface area contributed by atoms with Gasteiger partial charge in [-0.15, -0.1) is 0 Å². The van der Waals surface area contributed by atoms with Gasteiger partial charge in [-0.05, 0) is 80.2 Å². The summed E-state index contributed by atoms with van der Waals surface area (Å²) in [6, 6.07) is 25.3. The van der Waals surface area contributed by atoms with E-state index >= 15 is 0 Å². The average Bonchev–Trinajstić information content (AvgIpc) is 2.85. The van der Waals surface area contributed by atoms with Crippen molar-refractivity contribution in [3.05, 3.63) is 95.1 Å². The number of phenols is 1. The van der Waals surface area contributed by atoms with Gasteiger partial charge in [0.1, 0.15) is 11.5 Å². The molecule has 1 fully saturated rings. The Bertz CT molecular complexity index is 1010. The predicted octanol–water partition coefficient (Wildman–Crippen LogP) is 6.12. The van der Waals surface area contributed by atoms with Crippen molar-refractivity contribution in [1.29, 1.82) is 0 Å². The Morgan fingerprint density at radius 1 is 0.844 bits per heavy atom. The molecule has 3 aromatic rings. The van der Waals surface area contributed by atoms with Crippen LogP contribution in [0.5, 0.6) is 11.5 Å². The molecule has 1 N–H and O–H groups in total. The molecule has 0 unspecified atom stereocenters. The van der Waals surface area contributed by atoms with Crippen LogP contribution < -0.4 is 4.74 Å². The molecule has 2 atom stereocenters. The van der Waals surface area contributed by atoms with E-state index in [2.05, 4.69) is 59.5 Å². The molecule has 2 aliphatic rings. The van der Waals surface area contributed by atoms with Crippen molar-refractivity contribution in [3.8, 4) is 11.5 Å². The molecule has 0 bridgehead atoms. The number of nitrogens with zero attached hydrogens (tertiary/aromatic N) is 1. The van der Waals surface area contributed by atoms with Crippen molar-refractivity contribution >= 4 is 0 Å². The minimum absolute atomic E-state index is 0.163. The number of aromatic hydroxyl groups is 1. The molecule has 1 saturated heterocycles. The number of aryl methyl sites for hydroxylation is 1. The largest absolute Gasteiger partial charge is 0.508 e. The molecule has 0 aliphatic carbocycles. The Kier molecular flexibility index (Phi) is 6.45. The van der Waals surface area contributed by atoms with E-state index in [9.17, 15) is 5.11 Å². The summed E-state index contributed by atoms with van der Waals surface area (Å²) in [5.74, 6) is 1.55. The van der Waals surface area contributed by atoms with Gasteiger partial charge in [0.15, 0.2) is 0 Å². The van der Waals surface area contributed by atoms with Crippen LogP contribution in [0.2, 0.25) is 0 Å². The molecular weight excluding hydrogens is 394 g/mol. The number of rotatable bonds is 6. The van der Waals surface area contributed by atoms with Crippen LogP contribution in [0.4, 0.5) is 0 Å². The van der Waals surface area contributed by atoms with E-state index in [-0.39, 0.29) is 11.8 Å². The SMILES string of the molecule is Oc1ccc2c(c1)[C@@H](c1ccc(CCCN3CCCCC3)cc1)[C@@H](c1ccccc1)CO2. The summed E-state index contributed by atoms with van der Waals surface area (Å²) in [5, 5.41) is 10.2. The highest BCUT2D eigenvalue weighted by atomic mass is 16.5. The van der Waals surface area contributed by atoms with Gasteiger partial charge in [-0.2, -0.15) is 0 Å². The lowest BCUT2D eigenvalue weighted by Gasteiger charge is -2.34. The molecule has 2 aliphatic heterocycles. The first-order chi connectivity index (χ1) is 15.8. The third-order valence-corrected chi connectivity index (χ3v) is 7.10. The maximum Gasteiger partial charge on any atom is 0.123 e. The van der Waals surface area contributed by atoms with Crippen LogP contribution in [-0.4, -0.2) is 36.2 Å². The summed E-state index contributed by atoms with van der Waals surface area (Å²) in [7, 11) is 0. The molecule has 3 heteroatoms. The summed E-state index contributed by atoms with van der Waals surface area (Å²) in [5.41, 5.74) is 5.04. The van der Waals surface area contributed by atoms with Crippen LogP contribution in [-0.2, 0) is 6.42 Å². The molecule has 0 spiro atoms. The summed E-state index contributed by atoms with van der Waals surface area (Å²) >= 11 is 0. The lowest BCUT2D eigenvalue weighted by molar-refractivity contribution is 0.226. The first-order valence-electron chi connectivity index (χ1n) is 12.1. The quantitative estimate of drug-likeness (QED) is 0.514. The Labute approximate surface area is 191 Å². The average molecular weight is 428 g/mol. The normalized spacial score (nSPS) is 21.0. The summed E-state index contributed by atoms with van der Waals surface area (Å²) in [6.45, 7) is 4.40. The summed E-state index contributed by atoms with van der Waals surface area (Å²) < 4.78 is 6.12. The molecular formula is C29H33NO2. The van der Waals surface area contributed by atoms with Crippen LogP contribution in [0.25, 0.3) is 0 Å². The third-order valence-electron chi connectivity index (χ3n) is 7.10. The number of piperidine rings is 1. The second-order valence-electron chi connectivity index (χ2n) is 9.28. The molecule has 3 aromatic carbocycles. The monoisotopic (exact) mass is 427 g/mol. The first kappa shape index (κ1) is 21.1. The maximum atomic E-state index is 10.2. The number of likely N-dealkylation sites (tertiary alicyclic amines) is 1. The second kappa shape index (κ2) is 9.79. The van der Waals surface area contributed by atoms with Crippen LogP contribution in [0.15, 0.2) is 72.8 Å². The lowest BCUT2D eigenvalue weighted by Crippen LogP contribution is -2.30. The van der Waals surface area contributed by atoms with Crippen molar-refractivity contribution in [2.24, 2.45) is 0 Å². The molecule has 0 radical (unpaired) electrons. The van der Waals surface area contributed by atoms with E-state index < -0.39 is 0 Å². The van der Waals surface area contributed by atoms with Gasteiger partial charge in [-0.3, -0.25) is 0 Å². The summed E-state index contributed by atoms with van der Waals surface area (Å²) in [6.07, 6.45) is 6.47. The lowest BCUT2D eigenvalue weighted by atomic mass is 9.75. The van der Waals surface area contributed by atoms with Gasteiger partial charge in [0, 0.05) is 17.4 Å². The van der Waals surface area contributed by atoms with Crippen molar-refractivity contribution in [3.63, 3.8) is 0 Å². The highest BCUT2D eigenvalue weighted by Gasteiger charge is 2.33. The van der Waals surface area contributed by atoms with Gasteiger partial charge in [0.2, 0.25) is 0 Å². The maximum absolute atomic E-state index is 10.2. The van der Waals surface area contributed by atoms with Crippen LogP contribution >= 0.6 is 0 Å². The van der Waals surface area contributed by atoms with E-state index in [0.717, 1.165) is 17.7 Å². The molecule has 5 rings (SSSR count). The van der Waals surface area contributed by atoms with Crippen molar-refractivity contribution < 1.29 is 9.84 Å². The van der Waals surface area contributed by atoms with Crippen LogP contribution in [0.1, 0.15) is 59.8 Å². The zero-order valence-corrected chi connectivity index (χ0v) is 18.7. The van der Waals surface area contributed by atoms with E-state index in [1.54, 1.807) is 6.07 Å². The van der Waals surface area contributed by atoms with Gasteiger partial charge in [-0.25, -0.2) is 0 Å². The molecule has 0 amide bonds. The molecule has 166 valence electrons. The number of ether oxygens (including phenoxy) is 1. The van der Waals surface area contributed by atoms with Gasteiger partial charge in [0.25, 0.3) is 0 Å². The summed E-state index contributed by atoms with van der Waals surface area (Å²) in [4.78, 5) is 2.62. The van der Waals surface area contributed by atoms with E-state index in [0.29, 0.717) is 12.4 Å². The molecule has 0 aromatic heterocycles. The molecule has 32 heavy (non-hydrogen) atoms. The van der Waals surface area contributed by atoms with Crippen molar-refractivity contribution in [2.45, 2.75) is 43.9 Å². The van der Waals surface area contributed by atoms with Crippen LogP contribution in [0.3, 0.4) is 0 Å². The van der Waals surface area contributed by atoms with Gasteiger partial charge in [0.05, 0.1) is 6.61 Å². The topological polar surface area (TPSA) is 32.7 Å². The Balaban J connectivity index is 1.36. The predicted molar refractivity (Wildman–Crippen MR) is 130 cm³/mol. The molecule has 3 nitrogen and oxygen atoms in total. The van der Waals surface area contributed by atoms with Gasteiger partial charge >= 0.3 is 0 Å². The number of benzene rings is 3. The fraction of sp³-hybridized carbons (Fsp3) is 0.379. The highest BCUT2D eigenvalue weighted by molar-refractivity contribution is 5.50. The standard InChI is InChI=1S/C29H33NO2/c31-25-15-16-28-26(20-25)29(27(21-32-28)23-9-3-1-4-10-23)24-13-11-22(12-14-24)8-7-19-30-17-5-2-6-18-30/h1,3-4,9-16,20,27,29,31H,2,5-8,17-19,21H2/t27-,29-/m1/s1. The fourth-order valence-corrected chi connectivity index (χ4v) is 5.39. The number of phenolic OH excluding ortho intramolecular Hbond substituents is 1. The third kappa shape index (κ3) is 4.68. The zero-order chi connectivity index (χ0) is 21.8. The van der Waals surface area contributed by atoms with Crippen molar-refractivity contribution in [2.75, 3.05) is 26.2 Å². The first-order valence-corrected chi connectivity index (χ1v) is 12.1. The number of hydrogen-bond donors (Lipinski definition) is 1. The van der Waals surface area contributed by atoms with E-state index in [4.69, 9.17) is 4.74 Å². The second-order valence-corrected chi connectivity index (χ2v) is 9.28. The minimum Gasteiger partial charge on any atom is -0.508 e. The minimum atomic E-state index is 0.163. The van der Waals surface area contributed by atoms with Gasteiger partial charge in [-0.1, -0.05) is 61.0 Å². The molecule has 0 saturated carbocycles. The zero-order valence-electron chi connectivity index (χ0n) is 18.7. The highest BCUT2D eigenvalue weighted by Crippen LogP contribution is 2.46. The number of hydrogen-bond acceptors (Lipinski definition) is 3. The molecule has 2 heterocycles. The Morgan fingerprint density at radius 2 is 1.62 bits per heavy atom. The fourth-order valence-electron chi connectivity index (χ4n) is 5.39. The Morgan fingerprint density at radius 3 is 2.41 bits per heavy atom. The van der Waals surface area contributed by atoms with Crippen LogP contribution in [0, 0.1) is 0 Å². The van der Waals surface area contributed by atoms with Crippen molar-refractivity contribution in [1.82, 2.24) is 4.90 Å². The Hall–Kier alpha value is -2.78. The smallest absolute Gasteiger partial charge is 0.123 e. The van der Waals surface area contributed by atoms with Gasteiger partial charge < -0.3 is 14.7 Å². The number of fused-ring (bicyclic) bond motifs is 1. The van der Waals surface area contributed by atoms with E-state index in [1.807, 2.05) is 12.1 Å².